The van der Waals surface area contributed by atoms with Crippen molar-refractivity contribution in [2.24, 2.45) is 0 Å². The Morgan fingerprint density at radius 1 is 0.897 bits per heavy atom. The Bertz CT molecular complexity index is 1070. The number of rotatable bonds is 4. The minimum Gasteiger partial charge on any atom is -0.497 e. The maximum absolute atomic E-state index is 13.1. The Kier molecular flexibility index (Phi) is 5.59. The molecule has 0 N–H and O–H groups in total. The molecule has 5 nitrogen and oxygen atoms in total. The molecule has 0 aliphatic carbocycles. The second-order valence-electron chi connectivity index (χ2n) is 7.67. The van der Waals surface area contributed by atoms with Gasteiger partial charge in [-0.25, -0.2) is 9.59 Å². The lowest BCUT2D eigenvalue weighted by Crippen LogP contribution is -2.25. The molecule has 0 saturated heterocycles. The third-order valence-corrected chi connectivity index (χ3v) is 4.35. The predicted octanol–water partition coefficient (Wildman–Crippen LogP) is 5.25. The highest BCUT2D eigenvalue weighted by Gasteiger charge is 2.28. The van der Waals surface area contributed by atoms with E-state index in [-0.39, 0.29) is 11.3 Å². The Labute approximate surface area is 169 Å². The molecule has 1 aromatic heterocycles. The van der Waals surface area contributed by atoms with Crippen molar-refractivity contribution in [2.75, 3.05) is 7.11 Å². The fourth-order valence-corrected chi connectivity index (χ4v) is 3.13. The first-order valence-corrected chi connectivity index (χ1v) is 9.32. The van der Waals surface area contributed by atoms with Gasteiger partial charge in [0.2, 0.25) is 0 Å². The normalized spacial score (nSPS) is 11.2. The third kappa shape index (κ3) is 4.40. The summed E-state index contributed by atoms with van der Waals surface area (Å²) >= 11 is 0. The number of aryl methyl sites for hydroxylation is 1. The first kappa shape index (κ1) is 20.4. The van der Waals surface area contributed by atoms with E-state index in [9.17, 15) is 9.59 Å². The summed E-state index contributed by atoms with van der Waals surface area (Å²) in [7, 11) is 1.57. The lowest BCUT2D eigenvalue weighted by Gasteiger charge is -2.22. The van der Waals surface area contributed by atoms with Crippen molar-refractivity contribution in [3.63, 3.8) is 0 Å². The smallest absolute Gasteiger partial charge is 0.344 e. The van der Waals surface area contributed by atoms with Gasteiger partial charge in [-0.1, -0.05) is 42.5 Å². The first-order chi connectivity index (χ1) is 13.7. The molecule has 0 fully saturated rings. The van der Waals surface area contributed by atoms with Crippen LogP contribution in [0.1, 0.15) is 36.9 Å². The standard InChI is InChI=1S/C24H24O5/c1-15-19(23(26)29-24(2,3)4)20(16-9-7-6-8-10-16)21(22(25)28-15)17-11-13-18(27-5)14-12-17/h6-14H,1-5H3. The molecule has 0 amide bonds. The fraction of sp³-hybridized carbons (Fsp3) is 0.250. The van der Waals surface area contributed by atoms with Crippen molar-refractivity contribution in [1.29, 1.82) is 0 Å². The molecule has 0 spiro atoms. The highest BCUT2D eigenvalue weighted by Crippen LogP contribution is 2.35. The first-order valence-electron chi connectivity index (χ1n) is 9.32. The number of ether oxygens (including phenoxy) is 2. The number of hydrogen-bond donors (Lipinski definition) is 0. The summed E-state index contributed by atoms with van der Waals surface area (Å²) in [4.78, 5) is 26.0. The Balaban J connectivity index is 2.34. The second kappa shape index (κ2) is 7.95. The Morgan fingerprint density at radius 2 is 1.48 bits per heavy atom. The van der Waals surface area contributed by atoms with Gasteiger partial charge in [0.25, 0.3) is 0 Å². The topological polar surface area (TPSA) is 65.7 Å². The Morgan fingerprint density at radius 3 is 2.03 bits per heavy atom. The molecule has 0 atom stereocenters. The molecule has 2 aromatic carbocycles. The van der Waals surface area contributed by atoms with Gasteiger partial charge >= 0.3 is 11.6 Å². The van der Waals surface area contributed by atoms with Crippen LogP contribution in [0, 0.1) is 6.92 Å². The van der Waals surface area contributed by atoms with Gasteiger partial charge in [0, 0.05) is 5.56 Å². The van der Waals surface area contributed by atoms with Gasteiger partial charge in [-0.3, -0.25) is 0 Å². The maximum Gasteiger partial charge on any atom is 0.344 e. The van der Waals surface area contributed by atoms with Crippen molar-refractivity contribution in [3.05, 3.63) is 76.3 Å². The van der Waals surface area contributed by atoms with Crippen LogP contribution in [0.5, 0.6) is 5.75 Å². The van der Waals surface area contributed by atoms with E-state index in [1.165, 1.54) is 0 Å². The molecule has 0 aliphatic heterocycles. The summed E-state index contributed by atoms with van der Waals surface area (Å²) in [5.74, 6) is 0.353. The molecule has 3 rings (SSSR count). The molecule has 150 valence electrons. The summed E-state index contributed by atoms with van der Waals surface area (Å²) in [6.45, 7) is 6.99. The van der Waals surface area contributed by atoms with Crippen LogP contribution in [0.4, 0.5) is 0 Å². The summed E-state index contributed by atoms with van der Waals surface area (Å²) in [6.07, 6.45) is 0. The van der Waals surface area contributed by atoms with Gasteiger partial charge in [0.05, 0.1) is 12.7 Å². The average Bonchev–Trinajstić information content (AvgIpc) is 2.67. The molecule has 0 radical (unpaired) electrons. The zero-order chi connectivity index (χ0) is 21.2. The van der Waals surface area contributed by atoms with E-state index >= 15 is 0 Å². The number of benzene rings is 2. The number of hydrogen-bond acceptors (Lipinski definition) is 5. The molecule has 0 saturated carbocycles. The van der Waals surface area contributed by atoms with Crippen LogP contribution >= 0.6 is 0 Å². The molecule has 0 unspecified atom stereocenters. The minimum absolute atomic E-state index is 0.223. The van der Waals surface area contributed by atoms with Gasteiger partial charge in [-0.2, -0.15) is 0 Å². The number of carbonyl (C=O) groups excluding carboxylic acids is 1. The SMILES string of the molecule is COc1ccc(-c2c(-c3ccccc3)c(C(=O)OC(C)(C)C)c(C)oc2=O)cc1. The van der Waals surface area contributed by atoms with E-state index in [4.69, 9.17) is 13.9 Å². The highest BCUT2D eigenvalue weighted by atomic mass is 16.6. The summed E-state index contributed by atoms with van der Waals surface area (Å²) in [6, 6.07) is 16.4. The monoisotopic (exact) mass is 392 g/mol. The molecule has 5 heteroatoms. The third-order valence-electron chi connectivity index (χ3n) is 4.35. The van der Waals surface area contributed by atoms with Crippen molar-refractivity contribution in [1.82, 2.24) is 0 Å². The van der Waals surface area contributed by atoms with Crippen molar-refractivity contribution >= 4 is 5.97 Å². The van der Waals surface area contributed by atoms with E-state index in [0.29, 0.717) is 22.4 Å². The van der Waals surface area contributed by atoms with Gasteiger partial charge < -0.3 is 13.9 Å². The van der Waals surface area contributed by atoms with E-state index in [1.807, 2.05) is 30.3 Å². The zero-order valence-electron chi connectivity index (χ0n) is 17.2. The molecule has 3 aromatic rings. The zero-order valence-corrected chi connectivity index (χ0v) is 17.2. The summed E-state index contributed by atoms with van der Waals surface area (Å²) in [5.41, 5.74) is 1.21. The largest absolute Gasteiger partial charge is 0.497 e. The fourth-order valence-electron chi connectivity index (χ4n) is 3.13. The van der Waals surface area contributed by atoms with Crippen LogP contribution in [-0.4, -0.2) is 18.7 Å². The molecular weight excluding hydrogens is 368 g/mol. The number of methoxy groups -OCH3 is 1. The maximum atomic E-state index is 13.1. The molecule has 29 heavy (non-hydrogen) atoms. The van der Waals surface area contributed by atoms with Gasteiger partial charge in [0.1, 0.15) is 22.7 Å². The van der Waals surface area contributed by atoms with Gasteiger partial charge in [-0.05, 0) is 51.0 Å². The molecule has 1 heterocycles. The van der Waals surface area contributed by atoms with Crippen LogP contribution in [-0.2, 0) is 4.74 Å². The average molecular weight is 392 g/mol. The van der Waals surface area contributed by atoms with Crippen molar-refractivity contribution in [3.8, 4) is 28.0 Å². The van der Waals surface area contributed by atoms with Crippen molar-refractivity contribution < 1.29 is 18.7 Å². The minimum atomic E-state index is -0.687. The lowest BCUT2D eigenvalue weighted by molar-refractivity contribution is 0.00666. The van der Waals surface area contributed by atoms with Crippen LogP contribution in [0.15, 0.2) is 63.8 Å². The van der Waals surface area contributed by atoms with Crippen LogP contribution in [0.25, 0.3) is 22.3 Å². The van der Waals surface area contributed by atoms with E-state index < -0.39 is 17.2 Å². The van der Waals surface area contributed by atoms with Crippen LogP contribution in [0.3, 0.4) is 0 Å². The number of carbonyl (C=O) groups is 1. The van der Waals surface area contributed by atoms with E-state index in [0.717, 1.165) is 5.56 Å². The van der Waals surface area contributed by atoms with Crippen LogP contribution in [0.2, 0.25) is 0 Å². The number of esters is 1. The van der Waals surface area contributed by atoms with Crippen LogP contribution < -0.4 is 10.4 Å². The van der Waals surface area contributed by atoms with E-state index in [1.54, 1.807) is 59.1 Å². The molecule has 0 bridgehead atoms. The van der Waals surface area contributed by atoms with Gasteiger partial charge in [-0.15, -0.1) is 0 Å². The van der Waals surface area contributed by atoms with E-state index in [2.05, 4.69) is 0 Å². The second-order valence-corrected chi connectivity index (χ2v) is 7.67. The summed E-state index contributed by atoms with van der Waals surface area (Å²) in [5, 5.41) is 0. The molecule has 0 aliphatic rings. The summed E-state index contributed by atoms with van der Waals surface area (Å²) < 4.78 is 16.3. The molecular formula is C24H24O5. The lowest BCUT2D eigenvalue weighted by atomic mass is 9.91. The van der Waals surface area contributed by atoms with Crippen molar-refractivity contribution in [2.45, 2.75) is 33.3 Å². The predicted molar refractivity (Wildman–Crippen MR) is 112 cm³/mol. The quantitative estimate of drug-likeness (QED) is 0.568. The highest BCUT2D eigenvalue weighted by molar-refractivity contribution is 6.02. The van der Waals surface area contributed by atoms with Gasteiger partial charge in [0.15, 0.2) is 0 Å². The Hall–Kier alpha value is -3.34.